The molecule has 0 radical (unpaired) electrons. The molecular weight excluding hydrogens is 353 g/mol. The number of carbonyl (C=O) groups excluding carboxylic acids is 2. The van der Waals surface area contributed by atoms with Crippen molar-refractivity contribution in [1.82, 2.24) is 15.0 Å². The summed E-state index contributed by atoms with van der Waals surface area (Å²) in [6, 6.07) is 10.4. The first kappa shape index (κ1) is 17.0. The van der Waals surface area contributed by atoms with E-state index in [-0.39, 0.29) is 23.3 Å². The van der Waals surface area contributed by atoms with E-state index in [4.69, 9.17) is 8.94 Å². The Balaban J connectivity index is 1.38. The van der Waals surface area contributed by atoms with Gasteiger partial charge in [0.15, 0.2) is 11.5 Å². The van der Waals surface area contributed by atoms with E-state index in [0.717, 1.165) is 0 Å². The van der Waals surface area contributed by atoms with E-state index in [1.54, 1.807) is 21.9 Å². The van der Waals surface area contributed by atoms with Crippen LogP contribution in [0.4, 0.5) is 4.39 Å². The molecule has 1 fully saturated rings. The zero-order chi connectivity index (χ0) is 18.8. The van der Waals surface area contributed by atoms with Crippen molar-refractivity contribution in [3.63, 3.8) is 0 Å². The van der Waals surface area contributed by atoms with Crippen LogP contribution in [0.3, 0.4) is 0 Å². The van der Waals surface area contributed by atoms with Gasteiger partial charge in [0.2, 0.25) is 5.76 Å². The van der Waals surface area contributed by atoms with Crippen LogP contribution in [0.1, 0.15) is 20.8 Å². The maximum atomic E-state index is 13.0. The quantitative estimate of drug-likeness (QED) is 0.709. The third-order valence-corrected chi connectivity index (χ3v) is 4.44. The number of amides is 2. The SMILES string of the molecule is O=C(c1ccc(F)cc1)N1CCN(C(=O)c2cc(-c3ccco3)on2)CC1. The molecule has 0 bridgehead atoms. The summed E-state index contributed by atoms with van der Waals surface area (Å²) in [6.45, 7) is 1.55. The minimum absolute atomic E-state index is 0.177. The summed E-state index contributed by atoms with van der Waals surface area (Å²) in [4.78, 5) is 28.3. The van der Waals surface area contributed by atoms with E-state index < -0.39 is 0 Å². The molecule has 1 aliphatic rings. The molecule has 0 aliphatic carbocycles. The fraction of sp³-hybridized carbons (Fsp3) is 0.211. The van der Waals surface area contributed by atoms with Gasteiger partial charge in [0, 0.05) is 37.8 Å². The van der Waals surface area contributed by atoms with Crippen molar-refractivity contribution >= 4 is 11.8 Å². The zero-order valence-corrected chi connectivity index (χ0v) is 14.3. The number of nitrogens with zero attached hydrogens (tertiary/aromatic N) is 3. The molecule has 0 spiro atoms. The zero-order valence-electron chi connectivity index (χ0n) is 14.3. The molecule has 138 valence electrons. The third kappa shape index (κ3) is 3.46. The van der Waals surface area contributed by atoms with Gasteiger partial charge in [-0.2, -0.15) is 0 Å². The predicted molar refractivity (Wildman–Crippen MR) is 92.4 cm³/mol. The van der Waals surface area contributed by atoms with Gasteiger partial charge < -0.3 is 18.7 Å². The van der Waals surface area contributed by atoms with Crippen molar-refractivity contribution in [2.24, 2.45) is 0 Å². The van der Waals surface area contributed by atoms with Gasteiger partial charge in [-0.05, 0) is 36.4 Å². The molecule has 7 nitrogen and oxygen atoms in total. The fourth-order valence-corrected chi connectivity index (χ4v) is 2.96. The van der Waals surface area contributed by atoms with Crippen LogP contribution in [-0.2, 0) is 0 Å². The number of benzene rings is 1. The van der Waals surface area contributed by atoms with Crippen LogP contribution >= 0.6 is 0 Å². The lowest BCUT2D eigenvalue weighted by molar-refractivity contribution is 0.0530. The first-order valence-corrected chi connectivity index (χ1v) is 8.46. The van der Waals surface area contributed by atoms with Crippen molar-refractivity contribution in [2.45, 2.75) is 0 Å². The molecule has 8 heteroatoms. The fourth-order valence-electron chi connectivity index (χ4n) is 2.96. The molecule has 1 saturated heterocycles. The van der Waals surface area contributed by atoms with E-state index in [2.05, 4.69) is 5.16 Å². The van der Waals surface area contributed by atoms with Crippen LogP contribution in [0, 0.1) is 5.82 Å². The Hall–Kier alpha value is -3.42. The average Bonchev–Trinajstić information content (AvgIpc) is 3.39. The second kappa shape index (κ2) is 7.06. The third-order valence-electron chi connectivity index (χ3n) is 4.44. The van der Waals surface area contributed by atoms with E-state index in [0.29, 0.717) is 43.3 Å². The van der Waals surface area contributed by atoms with Crippen LogP contribution in [0.5, 0.6) is 0 Å². The Morgan fingerprint density at radius 2 is 1.59 bits per heavy atom. The molecule has 27 heavy (non-hydrogen) atoms. The highest BCUT2D eigenvalue weighted by Crippen LogP contribution is 2.21. The standard InChI is InChI=1S/C19H16FN3O4/c20-14-5-3-13(4-6-14)18(24)22-7-9-23(10-8-22)19(25)15-12-17(27-21-15)16-2-1-11-26-16/h1-6,11-12H,7-10H2. The van der Waals surface area contributed by atoms with Crippen molar-refractivity contribution in [3.8, 4) is 11.5 Å². The molecule has 0 atom stereocenters. The molecule has 1 aliphatic heterocycles. The van der Waals surface area contributed by atoms with E-state index in [1.165, 1.54) is 36.6 Å². The molecule has 3 aromatic rings. The molecule has 0 saturated carbocycles. The lowest BCUT2D eigenvalue weighted by atomic mass is 10.1. The molecular formula is C19H16FN3O4. The number of hydrogen-bond donors (Lipinski definition) is 0. The maximum Gasteiger partial charge on any atom is 0.276 e. The van der Waals surface area contributed by atoms with Crippen molar-refractivity contribution in [1.29, 1.82) is 0 Å². The Bertz CT molecular complexity index is 942. The van der Waals surface area contributed by atoms with Crippen LogP contribution in [0.25, 0.3) is 11.5 Å². The molecule has 1 aromatic carbocycles. The van der Waals surface area contributed by atoms with Gasteiger partial charge in [0.1, 0.15) is 5.82 Å². The van der Waals surface area contributed by atoms with Gasteiger partial charge in [-0.15, -0.1) is 0 Å². The molecule has 0 unspecified atom stereocenters. The first-order valence-electron chi connectivity index (χ1n) is 8.46. The van der Waals surface area contributed by atoms with Gasteiger partial charge in [-0.25, -0.2) is 4.39 Å². The van der Waals surface area contributed by atoms with E-state index in [9.17, 15) is 14.0 Å². The van der Waals surface area contributed by atoms with Crippen molar-refractivity contribution < 1.29 is 22.9 Å². The van der Waals surface area contributed by atoms with E-state index in [1.807, 2.05) is 0 Å². The largest absolute Gasteiger partial charge is 0.461 e. The number of piperazine rings is 1. The van der Waals surface area contributed by atoms with Gasteiger partial charge in [0.05, 0.1) is 6.26 Å². The van der Waals surface area contributed by atoms with Gasteiger partial charge in [0.25, 0.3) is 11.8 Å². The number of rotatable bonds is 3. The minimum atomic E-state index is -0.386. The van der Waals surface area contributed by atoms with Gasteiger partial charge in [-0.3, -0.25) is 9.59 Å². The first-order chi connectivity index (χ1) is 13.1. The molecule has 3 heterocycles. The molecule has 0 N–H and O–H groups in total. The van der Waals surface area contributed by atoms with Crippen molar-refractivity contribution in [2.75, 3.05) is 26.2 Å². The Morgan fingerprint density at radius 1 is 0.926 bits per heavy atom. The van der Waals surface area contributed by atoms with Crippen LogP contribution in [0.15, 0.2) is 57.7 Å². The summed E-state index contributed by atoms with van der Waals surface area (Å²) >= 11 is 0. The lowest BCUT2D eigenvalue weighted by Crippen LogP contribution is -2.50. The number of carbonyl (C=O) groups is 2. The molecule has 2 amide bonds. The van der Waals surface area contributed by atoms with Crippen LogP contribution in [-0.4, -0.2) is 52.9 Å². The maximum absolute atomic E-state index is 13.0. The lowest BCUT2D eigenvalue weighted by Gasteiger charge is -2.34. The summed E-state index contributed by atoms with van der Waals surface area (Å²) in [6.07, 6.45) is 1.51. The highest BCUT2D eigenvalue weighted by Gasteiger charge is 2.27. The summed E-state index contributed by atoms with van der Waals surface area (Å²) in [5.74, 6) is 0.0577. The number of furan rings is 1. The minimum Gasteiger partial charge on any atom is -0.461 e. The average molecular weight is 369 g/mol. The summed E-state index contributed by atoms with van der Waals surface area (Å²) < 4.78 is 23.4. The summed E-state index contributed by atoms with van der Waals surface area (Å²) in [5.41, 5.74) is 0.621. The van der Waals surface area contributed by atoms with Crippen LogP contribution in [0.2, 0.25) is 0 Å². The topological polar surface area (TPSA) is 79.8 Å². The van der Waals surface area contributed by atoms with Gasteiger partial charge in [-0.1, -0.05) is 5.16 Å². The monoisotopic (exact) mass is 369 g/mol. The highest BCUT2D eigenvalue weighted by molar-refractivity contribution is 5.95. The Kier molecular flexibility index (Phi) is 4.45. The molecule has 2 aromatic heterocycles. The van der Waals surface area contributed by atoms with Gasteiger partial charge >= 0.3 is 0 Å². The second-order valence-corrected chi connectivity index (χ2v) is 6.14. The number of aromatic nitrogens is 1. The Morgan fingerprint density at radius 3 is 2.22 bits per heavy atom. The normalized spacial score (nSPS) is 14.4. The highest BCUT2D eigenvalue weighted by atomic mass is 19.1. The van der Waals surface area contributed by atoms with Crippen LogP contribution < -0.4 is 0 Å². The summed E-state index contributed by atoms with van der Waals surface area (Å²) in [5, 5.41) is 3.81. The Labute approximate surface area is 153 Å². The van der Waals surface area contributed by atoms with E-state index >= 15 is 0 Å². The number of hydrogen-bond acceptors (Lipinski definition) is 5. The number of halogens is 1. The molecule has 4 rings (SSSR count). The second-order valence-electron chi connectivity index (χ2n) is 6.14. The smallest absolute Gasteiger partial charge is 0.276 e. The predicted octanol–water partition coefficient (Wildman–Crippen LogP) is 2.67. The van der Waals surface area contributed by atoms with Crippen molar-refractivity contribution in [3.05, 3.63) is 65.8 Å². The summed E-state index contributed by atoms with van der Waals surface area (Å²) in [7, 11) is 0.